The third-order valence-corrected chi connectivity index (χ3v) is 3.92. The van der Waals surface area contributed by atoms with Crippen LogP contribution in [0.15, 0.2) is 35.9 Å². The molecule has 0 saturated carbocycles. The summed E-state index contributed by atoms with van der Waals surface area (Å²) in [4.78, 5) is 39.1. The van der Waals surface area contributed by atoms with Crippen LogP contribution in [0.4, 0.5) is 5.69 Å². The first-order valence-corrected chi connectivity index (χ1v) is 7.98. The molecule has 0 unspecified atom stereocenters. The molecule has 7 heteroatoms. The largest absolute Gasteiger partial charge is 0.497 e. The van der Waals surface area contributed by atoms with Gasteiger partial charge < -0.3 is 14.2 Å². The third kappa shape index (κ3) is 2.75. The minimum absolute atomic E-state index is 0.0419. The number of amides is 1. The molecule has 1 aliphatic rings. The SMILES string of the molecule is C/C=C1/C(=O)N(c2ccc(OC)cc2)C1(C(=O)OCC)C(=O)OCC. The lowest BCUT2D eigenvalue weighted by Gasteiger charge is -2.48. The van der Waals surface area contributed by atoms with E-state index in [1.807, 2.05) is 0 Å². The molecule has 0 spiro atoms. The molecule has 0 N–H and O–H groups in total. The summed E-state index contributed by atoms with van der Waals surface area (Å²) in [5.74, 6) is -1.54. The molecular formula is C18H21NO6. The van der Waals surface area contributed by atoms with Crippen LogP contribution in [0.25, 0.3) is 0 Å². The average molecular weight is 347 g/mol. The first kappa shape index (κ1) is 18.5. The lowest BCUT2D eigenvalue weighted by atomic mass is 9.77. The lowest BCUT2D eigenvalue weighted by Crippen LogP contribution is -2.75. The molecule has 1 amide bonds. The van der Waals surface area contributed by atoms with Gasteiger partial charge in [0.2, 0.25) is 0 Å². The summed E-state index contributed by atoms with van der Waals surface area (Å²) in [7, 11) is 1.52. The molecule has 2 rings (SSSR count). The molecule has 0 radical (unpaired) electrons. The van der Waals surface area contributed by atoms with Crippen LogP contribution in [0.3, 0.4) is 0 Å². The summed E-state index contributed by atoms with van der Waals surface area (Å²) in [6.07, 6.45) is 1.44. The number of benzene rings is 1. The molecular weight excluding hydrogens is 326 g/mol. The number of hydrogen-bond donors (Lipinski definition) is 0. The minimum Gasteiger partial charge on any atom is -0.497 e. The number of allylic oxidation sites excluding steroid dienone is 1. The molecule has 25 heavy (non-hydrogen) atoms. The van der Waals surface area contributed by atoms with Gasteiger partial charge in [0.05, 0.1) is 25.9 Å². The zero-order chi connectivity index (χ0) is 18.6. The second-order valence-corrected chi connectivity index (χ2v) is 5.19. The molecule has 1 aromatic rings. The zero-order valence-electron chi connectivity index (χ0n) is 14.7. The van der Waals surface area contributed by atoms with Gasteiger partial charge in [-0.05, 0) is 45.0 Å². The maximum atomic E-state index is 12.7. The van der Waals surface area contributed by atoms with Crippen molar-refractivity contribution in [2.24, 2.45) is 0 Å². The normalized spacial score (nSPS) is 17.0. The van der Waals surface area contributed by atoms with E-state index in [0.717, 1.165) is 4.90 Å². The number of esters is 2. The van der Waals surface area contributed by atoms with E-state index in [2.05, 4.69) is 0 Å². The van der Waals surface area contributed by atoms with Crippen LogP contribution >= 0.6 is 0 Å². The zero-order valence-corrected chi connectivity index (χ0v) is 14.7. The summed E-state index contributed by atoms with van der Waals surface area (Å²) in [6.45, 7) is 4.99. The first-order valence-electron chi connectivity index (χ1n) is 7.98. The Morgan fingerprint density at radius 1 is 1.08 bits per heavy atom. The fraction of sp³-hybridized carbons (Fsp3) is 0.389. The van der Waals surface area contributed by atoms with Gasteiger partial charge in [-0.1, -0.05) is 6.08 Å². The van der Waals surface area contributed by atoms with Crippen LogP contribution in [-0.4, -0.2) is 43.7 Å². The first-order chi connectivity index (χ1) is 12.0. The Morgan fingerprint density at radius 2 is 1.60 bits per heavy atom. The Hall–Kier alpha value is -2.83. The van der Waals surface area contributed by atoms with Crippen LogP contribution < -0.4 is 9.64 Å². The highest BCUT2D eigenvalue weighted by molar-refractivity contribution is 6.34. The van der Waals surface area contributed by atoms with E-state index in [0.29, 0.717) is 11.4 Å². The molecule has 7 nitrogen and oxygen atoms in total. The predicted molar refractivity (Wildman–Crippen MR) is 90.2 cm³/mol. The second-order valence-electron chi connectivity index (χ2n) is 5.19. The smallest absolute Gasteiger partial charge is 0.349 e. The van der Waals surface area contributed by atoms with Gasteiger partial charge in [-0.2, -0.15) is 0 Å². The molecule has 1 aromatic carbocycles. The fourth-order valence-electron chi connectivity index (χ4n) is 2.83. The molecule has 134 valence electrons. The van der Waals surface area contributed by atoms with Gasteiger partial charge in [0.15, 0.2) is 0 Å². The Balaban J connectivity index is 2.59. The van der Waals surface area contributed by atoms with E-state index in [9.17, 15) is 14.4 Å². The number of carbonyl (C=O) groups excluding carboxylic acids is 3. The standard InChI is InChI=1S/C18H21NO6/c1-5-14-15(20)19(12-8-10-13(23-4)11-9-12)18(14,16(21)24-6-2)17(22)25-7-3/h5,8-11H,6-7H2,1-4H3/b14-5-. The van der Waals surface area contributed by atoms with Gasteiger partial charge in [-0.25, -0.2) is 9.59 Å². The molecule has 1 heterocycles. The number of nitrogens with zero attached hydrogens (tertiary/aromatic N) is 1. The van der Waals surface area contributed by atoms with Gasteiger partial charge in [-0.3, -0.25) is 9.69 Å². The number of carbonyl (C=O) groups is 3. The van der Waals surface area contributed by atoms with Crippen LogP contribution in [-0.2, 0) is 23.9 Å². The van der Waals surface area contributed by atoms with Crippen LogP contribution in [0, 0.1) is 0 Å². The van der Waals surface area contributed by atoms with Crippen LogP contribution in [0.1, 0.15) is 20.8 Å². The number of ether oxygens (including phenoxy) is 3. The summed E-state index contributed by atoms with van der Waals surface area (Å²) in [6, 6.07) is 6.46. The molecule has 1 saturated heterocycles. The Morgan fingerprint density at radius 3 is 2.00 bits per heavy atom. The van der Waals surface area contributed by atoms with Gasteiger partial charge in [0.1, 0.15) is 5.75 Å². The maximum Gasteiger partial charge on any atom is 0.349 e. The summed E-state index contributed by atoms with van der Waals surface area (Å²) in [5.41, 5.74) is -1.51. The van der Waals surface area contributed by atoms with Crippen molar-refractivity contribution < 1.29 is 28.6 Å². The second kappa shape index (κ2) is 7.38. The number of methoxy groups -OCH3 is 1. The topological polar surface area (TPSA) is 82.1 Å². The van der Waals surface area contributed by atoms with Crippen molar-refractivity contribution in [3.63, 3.8) is 0 Å². The number of rotatable bonds is 6. The van der Waals surface area contributed by atoms with Crippen molar-refractivity contribution in [2.75, 3.05) is 25.2 Å². The third-order valence-electron chi connectivity index (χ3n) is 3.92. The van der Waals surface area contributed by atoms with Gasteiger partial charge in [-0.15, -0.1) is 0 Å². The van der Waals surface area contributed by atoms with E-state index in [-0.39, 0.29) is 18.8 Å². The van der Waals surface area contributed by atoms with Gasteiger partial charge in [0, 0.05) is 5.69 Å². The van der Waals surface area contributed by atoms with Crippen molar-refractivity contribution >= 4 is 23.5 Å². The number of β-lactam (4-membered cyclic amide) rings is 1. The van der Waals surface area contributed by atoms with Crippen molar-refractivity contribution in [1.29, 1.82) is 0 Å². The highest BCUT2D eigenvalue weighted by Crippen LogP contribution is 2.43. The Labute approximate surface area is 146 Å². The molecule has 0 aliphatic carbocycles. The van der Waals surface area contributed by atoms with E-state index in [1.165, 1.54) is 13.2 Å². The molecule has 1 aliphatic heterocycles. The highest BCUT2D eigenvalue weighted by atomic mass is 16.6. The van der Waals surface area contributed by atoms with Gasteiger partial charge in [0.25, 0.3) is 11.4 Å². The molecule has 1 fully saturated rings. The van der Waals surface area contributed by atoms with E-state index >= 15 is 0 Å². The summed E-state index contributed by atoms with van der Waals surface area (Å²) >= 11 is 0. The van der Waals surface area contributed by atoms with E-state index < -0.39 is 23.4 Å². The van der Waals surface area contributed by atoms with Crippen LogP contribution in [0.5, 0.6) is 5.75 Å². The van der Waals surface area contributed by atoms with Crippen LogP contribution in [0.2, 0.25) is 0 Å². The Bertz CT molecular complexity index is 689. The van der Waals surface area contributed by atoms with Gasteiger partial charge >= 0.3 is 11.9 Å². The Kier molecular flexibility index (Phi) is 5.46. The molecule has 0 atom stereocenters. The fourth-order valence-corrected chi connectivity index (χ4v) is 2.83. The average Bonchev–Trinajstić information content (AvgIpc) is 2.60. The molecule has 0 bridgehead atoms. The number of hydrogen-bond acceptors (Lipinski definition) is 6. The number of anilines is 1. The van der Waals surface area contributed by atoms with Crippen molar-refractivity contribution in [1.82, 2.24) is 0 Å². The van der Waals surface area contributed by atoms with Crippen molar-refractivity contribution in [3.05, 3.63) is 35.9 Å². The monoisotopic (exact) mass is 347 g/mol. The maximum absolute atomic E-state index is 12.7. The summed E-state index contributed by atoms with van der Waals surface area (Å²) in [5, 5.41) is 0. The van der Waals surface area contributed by atoms with E-state index in [1.54, 1.807) is 45.0 Å². The predicted octanol–water partition coefficient (Wildman–Crippen LogP) is 1.85. The highest BCUT2D eigenvalue weighted by Gasteiger charge is 2.69. The van der Waals surface area contributed by atoms with Crippen molar-refractivity contribution in [3.8, 4) is 5.75 Å². The minimum atomic E-state index is -1.92. The lowest BCUT2D eigenvalue weighted by molar-refractivity contribution is -0.166. The summed E-state index contributed by atoms with van der Waals surface area (Å²) < 4.78 is 15.3. The van der Waals surface area contributed by atoms with E-state index in [4.69, 9.17) is 14.2 Å². The van der Waals surface area contributed by atoms with Crippen molar-refractivity contribution in [2.45, 2.75) is 26.3 Å². The quantitative estimate of drug-likeness (QED) is 0.338. The molecule has 0 aromatic heterocycles.